The molecule has 33 heavy (non-hydrogen) atoms. The number of aromatic amines is 1. The lowest BCUT2D eigenvalue weighted by atomic mass is 10.1. The van der Waals surface area contributed by atoms with Gasteiger partial charge in [-0.25, -0.2) is 4.79 Å². The van der Waals surface area contributed by atoms with E-state index in [0.717, 1.165) is 28.7 Å². The summed E-state index contributed by atoms with van der Waals surface area (Å²) in [7, 11) is 0. The molecule has 0 radical (unpaired) electrons. The molecule has 1 saturated carbocycles. The molecule has 0 spiro atoms. The van der Waals surface area contributed by atoms with Crippen molar-refractivity contribution in [1.29, 1.82) is 0 Å². The predicted octanol–water partition coefficient (Wildman–Crippen LogP) is 4.24. The highest BCUT2D eigenvalue weighted by Gasteiger charge is 2.42. The normalized spacial score (nSPS) is 19.1. The van der Waals surface area contributed by atoms with Crippen molar-refractivity contribution >= 4 is 40.3 Å². The van der Waals surface area contributed by atoms with E-state index in [1.54, 1.807) is 23.2 Å². The van der Waals surface area contributed by atoms with Crippen molar-refractivity contribution < 1.29 is 14.4 Å². The van der Waals surface area contributed by atoms with E-state index >= 15 is 0 Å². The van der Waals surface area contributed by atoms with Gasteiger partial charge in [0.15, 0.2) is 0 Å². The Morgan fingerprint density at radius 3 is 2.64 bits per heavy atom. The molecule has 1 aromatic heterocycles. The Kier molecular flexibility index (Phi) is 5.58. The first-order valence-corrected chi connectivity index (χ1v) is 11.5. The largest absolute Gasteiger partial charge is 0.360 e. The average Bonchev–Trinajstić information content (AvgIpc) is 3.52. The lowest BCUT2D eigenvalue weighted by Crippen LogP contribution is -2.46. The lowest BCUT2D eigenvalue weighted by molar-refractivity contribution is -0.139. The van der Waals surface area contributed by atoms with Gasteiger partial charge < -0.3 is 15.2 Å². The number of aromatic nitrogens is 1. The van der Waals surface area contributed by atoms with Crippen molar-refractivity contribution in [1.82, 2.24) is 20.1 Å². The number of para-hydroxylation sites is 1. The molecular weight excluding hydrogens is 440 g/mol. The molecule has 2 unspecified atom stereocenters. The second-order valence-electron chi connectivity index (χ2n) is 8.80. The molecule has 1 saturated heterocycles. The van der Waals surface area contributed by atoms with Crippen LogP contribution in [-0.2, 0) is 16.1 Å². The zero-order valence-electron chi connectivity index (χ0n) is 18.3. The minimum atomic E-state index is -0.860. The van der Waals surface area contributed by atoms with Crippen LogP contribution in [0, 0.1) is 5.92 Å². The number of benzene rings is 2. The first kappa shape index (κ1) is 21.5. The Labute approximate surface area is 196 Å². The number of rotatable bonds is 7. The minimum absolute atomic E-state index is 0.0463. The summed E-state index contributed by atoms with van der Waals surface area (Å²) < 4.78 is 0. The van der Waals surface area contributed by atoms with Gasteiger partial charge in [0.2, 0.25) is 5.91 Å². The molecule has 4 amide bonds. The fourth-order valence-electron chi connectivity index (χ4n) is 4.56. The quantitative estimate of drug-likeness (QED) is 0.513. The summed E-state index contributed by atoms with van der Waals surface area (Å²) in [5, 5.41) is 4.03. The number of hydrogen-bond donors (Lipinski definition) is 2. The average molecular weight is 465 g/mol. The summed E-state index contributed by atoms with van der Waals surface area (Å²) in [6, 6.07) is 13.8. The van der Waals surface area contributed by atoms with Crippen LogP contribution in [0.3, 0.4) is 0 Å². The monoisotopic (exact) mass is 464 g/mol. The maximum absolute atomic E-state index is 13.3. The number of nitrogens with zero attached hydrogens (tertiary/aromatic N) is 2. The van der Waals surface area contributed by atoms with E-state index < -0.39 is 18.0 Å². The molecule has 2 N–H and O–H groups in total. The number of H-pyrrole nitrogens is 1. The highest BCUT2D eigenvalue weighted by molar-refractivity contribution is 6.35. The summed E-state index contributed by atoms with van der Waals surface area (Å²) in [6.07, 6.45) is 3.86. The molecule has 2 atom stereocenters. The number of carbonyl (C=O) groups is 3. The van der Waals surface area contributed by atoms with Crippen LogP contribution in [0.15, 0.2) is 54.7 Å². The van der Waals surface area contributed by atoms with Crippen LogP contribution >= 0.6 is 11.6 Å². The molecule has 2 aliphatic rings. The Bertz CT molecular complexity index is 1220. The molecule has 170 valence electrons. The van der Waals surface area contributed by atoms with Gasteiger partial charge in [-0.15, -0.1) is 0 Å². The smallest absolute Gasteiger partial charge is 0.325 e. The summed E-state index contributed by atoms with van der Waals surface area (Å²) in [4.78, 5) is 45.2. The molecule has 0 bridgehead atoms. The van der Waals surface area contributed by atoms with E-state index in [4.69, 9.17) is 11.6 Å². The van der Waals surface area contributed by atoms with Crippen molar-refractivity contribution in [2.24, 2.45) is 5.92 Å². The SMILES string of the molecule is CC(C1CC1)N(Cc1ccccc1)C(=O)CN1C(=O)NC(c2c[nH]c3c(Cl)cccc23)C1=O. The first-order valence-electron chi connectivity index (χ1n) is 11.1. The molecule has 2 heterocycles. The number of imide groups is 1. The molecule has 2 aromatic carbocycles. The van der Waals surface area contributed by atoms with Crippen molar-refractivity contribution in [3.63, 3.8) is 0 Å². The standard InChI is InChI=1S/C25H25ClN4O3/c1-15(17-10-11-17)29(13-16-6-3-2-4-7-16)21(31)14-30-24(32)23(28-25(30)33)19-12-27-22-18(19)8-5-9-20(22)26/h2-9,12,15,17,23,27H,10-11,13-14H2,1H3,(H,28,33). The van der Waals surface area contributed by atoms with Crippen LogP contribution in [0.5, 0.6) is 0 Å². The molecule has 7 nitrogen and oxygen atoms in total. The topological polar surface area (TPSA) is 85.5 Å². The van der Waals surface area contributed by atoms with Crippen molar-refractivity contribution in [3.8, 4) is 0 Å². The predicted molar refractivity (Wildman–Crippen MR) is 125 cm³/mol. The Morgan fingerprint density at radius 1 is 1.15 bits per heavy atom. The highest BCUT2D eigenvalue weighted by atomic mass is 35.5. The maximum Gasteiger partial charge on any atom is 0.325 e. The molecule has 3 aromatic rings. The number of urea groups is 1. The van der Waals surface area contributed by atoms with E-state index in [1.807, 2.05) is 43.3 Å². The van der Waals surface area contributed by atoms with Gasteiger partial charge in [-0.05, 0) is 37.3 Å². The molecule has 1 aliphatic carbocycles. The third kappa shape index (κ3) is 4.09. The van der Waals surface area contributed by atoms with Gasteiger partial charge in [-0.3, -0.25) is 14.5 Å². The van der Waals surface area contributed by atoms with Gasteiger partial charge in [0.05, 0.1) is 10.5 Å². The van der Waals surface area contributed by atoms with Crippen LogP contribution < -0.4 is 5.32 Å². The van der Waals surface area contributed by atoms with Crippen LogP contribution in [0.4, 0.5) is 4.79 Å². The molecule has 1 aliphatic heterocycles. The van der Waals surface area contributed by atoms with E-state index in [0.29, 0.717) is 28.6 Å². The van der Waals surface area contributed by atoms with E-state index in [2.05, 4.69) is 10.3 Å². The van der Waals surface area contributed by atoms with Gasteiger partial charge in [-0.2, -0.15) is 0 Å². The maximum atomic E-state index is 13.3. The van der Waals surface area contributed by atoms with E-state index in [9.17, 15) is 14.4 Å². The first-order chi connectivity index (χ1) is 15.9. The van der Waals surface area contributed by atoms with Crippen molar-refractivity contribution in [2.45, 2.75) is 38.4 Å². The fraction of sp³-hybridized carbons (Fsp3) is 0.320. The zero-order valence-corrected chi connectivity index (χ0v) is 19.0. The highest BCUT2D eigenvalue weighted by Crippen LogP contribution is 2.36. The minimum Gasteiger partial charge on any atom is -0.360 e. The Balaban J connectivity index is 1.36. The van der Waals surface area contributed by atoms with Crippen molar-refractivity contribution in [2.75, 3.05) is 6.54 Å². The number of amides is 4. The van der Waals surface area contributed by atoms with Crippen LogP contribution in [0.1, 0.15) is 36.9 Å². The number of hydrogen-bond acceptors (Lipinski definition) is 3. The van der Waals surface area contributed by atoms with Crippen LogP contribution in [0.25, 0.3) is 10.9 Å². The van der Waals surface area contributed by atoms with Gasteiger partial charge in [0, 0.05) is 29.7 Å². The molecule has 8 heteroatoms. The third-order valence-electron chi connectivity index (χ3n) is 6.64. The summed E-state index contributed by atoms with van der Waals surface area (Å²) >= 11 is 6.24. The number of nitrogens with one attached hydrogen (secondary N) is 2. The summed E-state index contributed by atoms with van der Waals surface area (Å²) in [5.74, 6) is -0.207. The Morgan fingerprint density at radius 2 is 1.91 bits per heavy atom. The van der Waals surface area contributed by atoms with E-state index in [1.165, 1.54) is 0 Å². The van der Waals surface area contributed by atoms with Gasteiger partial charge in [0.25, 0.3) is 5.91 Å². The summed E-state index contributed by atoms with van der Waals surface area (Å²) in [5.41, 5.74) is 2.36. The van der Waals surface area contributed by atoms with Crippen LogP contribution in [-0.4, -0.2) is 45.2 Å². The Hall–Kier alpha value is -3.32. The third-order valence-corrected chi connectivity index (χ3v) is 6.95. The van der Waals surface area contributed by atoms with E-state index in [-0.39, 0.29) is 18.5 Å². The molecule has 2 fully saturated rings. The number of carbonyl (C=O) groups excluding carboxylic acids is 3. The van der Waals surface area contributed by atoms with Crippen molar-refractivity contribution in [3.05, 3.63) is 70.9 Å². The zero-order chi connectivity index (χ0) is 23.1. The van der Waals surface area contributed by atoms with Gasteiger partial charge >= 0.3 is 6.03 Å². The molecular formula is C25H25ClN4O3. The number of fused-ring (bicyclic) bond motifs is 1. The second kappa shape index (κ2) is 8.56. The van der Waals surface area contributed by atoms with Crippen LogP contribution in [0.2, 0.25) is 5.02 Å². The summed E-state index contributed by atoms with van der Waals surface area (Å²) in [6.45, 7) is 2.21. The number of halogens is 1. The van der Waals surface area contributed by atoms with Gasteiger partial charge in [-0.1, -0.05) is 54.1 Å². The molecule has 5 rings (SSSR count). The van der Waals surface area contributed by atoms with Gasteiger partial charge in [0.1, 0.15) is 12.6 Å². The second-order valence-corrected chi connectivity index (χ2v) is 9.21. The lowest BCUT2D eigenvalue weighted by Gasteiger charge is -2.30. The fourth-order valence-corrected chi connectivity index (χ4v) is 4.79.